The fourth-order valence-corrected chi connectivity index (χ4v) is 3.02. The maximum atomic E-state index is 12.3. The molecule has 0 aliphatic rings. The molecule has 1 N–H and O–H groups in total. The van der Waals surface area contributed by atoms with Crippen LogP contribution in [0, 0.1) is 0 Å². The quantitative estimate of drug-likeness (QED) is 0.676. The lowest BCUT2D eigenvalue weighted by Gasteiger charge is -2.25. The summed E-state index contributed by atoms with van der Waals surface area (Å²) in [6.07, 6.45) is 0. The van der Waals surface area contributed by atoms with E-state index in [1.54, 1.807) is 6.92 Å². The Morgan fingerprint density at radius 2 is 1.88 bits per heavy atom. The van der Waals surface area contributed by atoms with Crippen molar-refractivity contribution in [2.45, 2.75) is 45.9 Å². The molecule has 17 heavy (non-hydrogen) atoms. The van der Waals surface area contributed by atoms with Gasteiger partial charge >= 0.3 is 0 Å². The average molecular weight is 262 g/mol. The van der Waals surface area contributed by atoms with Crippen molar-refractivity contribution in [3.05, 3.63) is 12.2 Å². The van der Waals surface area contributed by atoms with E-state index in [1.165, 1.54) is 4.31 Å². The van der Waals surface area contributed by atoms with Gasteiger partial charge in [-0.05, 0) is 13.8 Å². The van der Waals surface area contributed by atoms with Gasteiger partial charge in [-0.1, -0.05) is 32.9 Å². The van der Waals surface area contributed by atoms with Gasteiger partial charge in [-0.2, -0.15) is 4.31 Å². The lowest BCUT2D eigenvalue weighted by molar-refractivity contribution is 0.439. The fourth-order valence-electron chi connectivity index (χ4n) is 1.44. The van der Waals surface area contributed by atoms with E-state index in [4.69, 9.17) is 0 Å². The molecule has 1 atom stereocenters. The normalized spacial score (nSPS) is 14.3. The summed E-state index contributed by atoms with van der Waals surface area (Å²) in [6, 6.07) is 0.295. The molecule has 0 rings (SSSR count). The van der Waals surface area contributed by atoms with E-state index in [9.17, 15) is 8.42 Å². The van der Waals surface area contributed by atoms with E-state index in [1.807, 2.05) is 27.7 Å². The summed E-state index contributed by atoms with van der Waals surface area (Å²) < 4.78 is 26.0. The Hall–Kier alpha value is -0.390. The molecule has 0 saturated heterocycles. The highest BCUT2D eigenvalue weighted by Crippen LogP contribution is 2.10. The van der Waals surface area contributed by atoms with Crippen molar-refractivity contribution in [1.82, 2.24) is 9.62 Å². The highest BCUT2D eigenvalue weighted by atomic mass is 32.2. The molecule has 1 unspecified atom stereocenters. The zero-order valence-corrected chi connectivity index (χ0v) is 12.5. The summed E-state index contributed by atoms with van der Waals surface area (Å²) in [7, 11) is -3.23. The van der Waals surface area contributed by atoms with E-state index in [-0.39, 0.29) is 0 Å². The van der Waals surface area contributed by atoms with Crippen molar-refractivity contribution >= 4 is 10.0 Å². The molecule has 0 aromatic heterocycles. The van der Waals surface area contributed by atoms with Gasteiger partial charge < -0.3 is 5.32 Å². The van der Waals surface area contributed by atoms with Gasteiger partial charge in [0.05, 0.1) is 5.25 Å². The molecule has 102 valence electrons. The second-order valence-electron chi connectivity index (χ2n) is 4.80. The first kappa shape index (κ1) is 16.6. The standard InChI is InChI=1S/C12H26N2O2S/c1-7-14(9-10(2)3)17(15,16)12(6)8-13-11(4)5/h11-13H,2,7-9H2,1,3-6H3. The third-order valence-electron chi connectivity index (χ3n) is 2.48. The Labute approximate surface area is 106 Å². The maximum Gasteiger partial charge on any atom is 0.218 e. The minimum atomic E-state index is -3.23. The first-order valence-electron chi connectivity index (χ1n) is 6.08. The maximum absolute atomic E-state index is 12.3. The highest BCUT2D eigenvalue weighted by molar-refractivity contribution is 7.89. The summed E-state index contributed by atoms with van der Waals surface area (Å²) >= 11 is 0. The first-order valence-corrected chi connectivity index (χ1v) is 7.58. The molecule has 0 aliphatic carbocycles. The summed E-state index contributed by atoms with van der Waals surface area (Å²) in [6.45, 7) is 14.6. The monoisotopic (exact) mass is 262 g/mol. The Morgan fingerprint density at radius 1 is 1.35 bits per heavy atom. The van der Waals surface area contributed by atoms with E-state index in [2.05, 4.69) is 11.9 Å². The van der Waals surface area contributed by atoms with Crippen LogP contribution in [0.3, 0.4) is 0 Å². The van der Waals surface area contributed by atoms with Gasteiger partial charge in [0.1, 0.15) is 0 Å². The predicted molar refractivity (Wildman–Crippen MR) is 73.6 cm³/mol. The van der Waals surface area contributed by atoms with E-state index >= 15 is 0 Å². The Bertz CT molecular complexity index is 336. The topological polar surface area (TPSA) is 49.4 Å². The van der Waals surface area contributed by atoms with Crippen LogP contribution in [-0.4, -0.2) is 43.6 Å². The highest BCUT2D eigenvalue weighted by Gasteiger charge is 2.27. The molecule has 0 aromatic carbocycles. The Morgan fingerprint density at radius 3 is 2.24 bits per heavy atom. The molecule has 0 amide bonds. The minimum absolute atomic E-state index is 0.295. The summed E-state index contributed by atoms with van der Waals surface area (Å²) in [5.41, 5.74) is 0.861. The second kappa shape index (κ2) is 7.13. The number of nitrogens with zero attached hydrogens (tertiary/aromatic N) is 1. The molecule has 0 bridgehead atoms. The minimum Gasteiger partial charge on any atom is -0.313 e. The van der Waals surface area contributed by atoms with Gasteiger partial charge in [-0.25, -0.2) is 8.42 Å². The summed E-state index contributed by atoms with van der Waals surface area (Å²) in [5, 5.41) is 2.74. The third-order valence-corrected chi connectivity index (χ3v) is 4.77. The number of hydrogen-bond acceptors (Lipinski definition) is 3. The number of hydrogen-bond donors (Lipinski definition) is 1. The summed E-state index contributed by atoms with van der Waals surface area (Å²) in [4.78, 5) is 0. The van der Waals surface area contributed by atoms with Crippen molar-refractivity contribution < 1.29 is 8.42 Å². The molecule has 0 aliphatic heterocycles. The Balaban J connectivity index is 4.66. The molecule has 5 heteroatoms. The lowest BCUT2D eigenvalue weighted by Crippen LogP contribution is -2.43. The van der Waals surface area contributed by atoms with Crippen LogP contribution < -0.4 is 5.32 Å². The molecule has 0 radical (unpaired) electrons. The SMILES string of the molecule is C=C(C)CN(CC)S(=O)(=O)C(C)CNC(C)C. The van der Waals surface area contributed by atoms with Crippen LogP contribution in [0.2, 0.25) is 0 Å². The number of likely N-dealkylation sites (N-methyl/N-ethyl adjacent to an activating group) is 1. The molecule has 0 aromatic rings. The summed E-state index contributed by atoms with van der Waals surface area (Å²) in [5.74, 6) is 0. The van der Waals surface area contributed by atoms with Crippen LogP contribution >= 0.6 is 0 Å². The third kappa shape index (κ3) is 5.66. The van der Waals surface area contributed by atoms with Crippen LogP contribution in [-0.2, 0) is 10.0 Å². The van der Waals surface area contributed by atoms with Crippen molar-refractivity contribution in [2.24, 2.45) is 0 Å². The zero-order chi connectivity index (χ0) is 13.6. The number of rotatable bonds is 8. The van der Waals surface area contributed by atoms with E-state index < -0.39 is 15.3 Å². The number of nitrogens with one attached hydrogen (secondary N) is 1. The van der Waals surface area contributed by atoms with Crippen molar-refractivity contribution in [2.75, 3.05) is 19.6 Å². The first-order chi connectivity index (χ1) is 7.71. The molecule has 0 spiro atoms. The van der Waals surface area contributed by atoms with E-state index in [0.29, 0.717) is 25.7 Å². The van der Waals surface area contributed by atoms with Gasteiger partial charge in [0.25, 0.3) is 0 Å². The van der Waals surface area contributed by atoms with Gasteiger partial charge in [0, 0.05) is 25.7 Å². The van der Waals surface area contributed by atoms with Gasteiger partial charge in [-0.3, -0.25) is 0 Å². The fraction of sp³-hybridized carbons (Fsp3) is 0.833. The Kier molecular flexibility index (Phi) is 6.97. The van der Waals surface area contributed by atoms with Crippen molar-refractivity contribution in [1.29, 1.82) is 0 Å². The van der Waals surface area contributed by atoms with Gasteiger partial charge in [-0.15, -0.1) is 0 Å². The lowest BCUT2D eigenvalue weighted by atomic mass is 10.3. The largest absolute Gasteiger partial charge is 0.313 e. The molecule has 0 heterocycles. The molecular weight excluding hydrogens is 236 g/mol. The van der Waals surface area contributed by atoms with Crippen LogP contribution in [0.1, 0.15) is 34.6 Å². The number of sulfonamides is 1. The van der Waals surface area contributed by atoms with Crippen LogP contribution in [0.15, 0.2) is 12.2 Å². The van der Waals surface area contributed by atoms with Gasteiger partial charge in [0.2, 0.25) is 10.0 Å². The second-order valence-corrected chi connectivity index (χ2v) is 7.15. The van der Waals surface area contributed by atoms with Crippen LogP contribution in [0.5, 0.6) is 0 Å². The zero-order valence-electron chi connectivity index (χ0n) is 11.7. The molecule has 4 nitrogen and oxygen atoms in total. The predicted octanol–water partition coefficient (Wildman–Crippen LogP) is 1.60. The smallest absolute Gasteiger partial charge is 0.218 e. The molecular formula is C12H26N2O2S. The molecule has 0 saturated carbocycles. The van der Waals surface area contributed by atoms with Crippen molar-refractivity contribution in [3.8, 4) is 0 Å². The molecule has 0 fully saturated rings. The van der Waals surface area contributed by atoms with Gasteiger partial charge in [0.15, 0.2) is 0 Å². The average Bonchev–Trinajstić information content (AvgIpc) is 2.21. The van der Waals surface area contributed by atoms with Crippen LogP contribution in [0.25, 0.3) is 0 Å². The van der Waals surface area contributed by atoms with Crippen LogP contribution in [0.4, 0.5) is 0 Å². The van der Waals surface area contributed by atoms with E-state index in [0.717, 1.165) is 5.57 Å². The van der Waals surface area contributed by atoms with Crippen molar-refractivity contribution in [3.63, 3.8) is 0 Å².